The van der Waals surface area contributed by atoms with E-state index in [-0.39, 0.29) is 0 Å². The number of benzene rings is 1. The van der Waals surface area contributed by atoms with Gasteiger partial charge in [-0.05, 0) is 36.5 Å². The molecule has 2 nitrogen and oxygen atoms in total. The molecule has 1 aliphatic rings. The Balaban J connectivity index is 2.28. The molecule has 0 saturated heterocycles. The minimum Gasteiger partial charge on any atom is -0.399 e. The van der Waals surface area contributed by atoms with E-state index in [1.54, 1.807) is 0 Å². The molecule has 0 aromatic heterocycles. The third-order valence-corrected chi connectivity index (χ3v) is 2.91. The predicted molar refractivity (Wildman–Crippen MR) is 66.2 cm³/mol. The molecule has 0 aliphatic carbocycles. The highest BCUT2D eigenvalue weighted by Gasteiger charge is 2.17. The Kier molecular flexibility index (Phi) is 2.85. The van der Waals surface area contributed by atoms with Crippen LogP contribution in [0.4, 0.5) is 11.4 Å². The van der Waals surface area contributed by atoms with Crippen molar-refractivity contribution in [2.75, 3.05) is 23.7 Å². The summed E-state index contributed by atoms with van der Waals surface area (Å²) in [5, 5.41) is 0. The van der Waals surface area contributed by atoms with Gasteiger partial charge in [0.2, 0.25) is 0 Å². The smallest absolute Gasteiger partial charge is 0.0419 e. The summed E-state index contributed by atoms with van der Waals surface area (Å²) in [6, 6.07) is 6.31. The Labute approximate surface area is 92.1 Å². The standard InChI is InChI=1S/C13H20N2/c1-10(2)9-15-7-3-4-11-5-6-12(14)8-13(11)15/h5-6,8,10H,3-4,7,9,14H2,1-2H3. The highest BCUT2D eigenvalue weighted by Crippen LogP contribution is 2.29. The van der Waals surface area contributed by atoms with Crippen LogP contribution < -0.4 is 10.6 Å². The molecular formula is C13H20N2. The number of aryl methyl sites for hydroxylation is 1. The SMILES string of the molecule is CC(C)CN1CCCc2ccc(N)cc21. The van der Waals surface area contributed by atoms with Crippen molar-refractivity contribution in [2.45, 2.75) is 26.7 Å². The number of nitrogens with zero attached hydrogens (tertiary/aromatic N) is 1. The number of nitrogen functional groups attached to an aromatic ring is 1. The van der Waals surface area contributed by atoms with Gasteiger partial charge in [0.1, 0.15) is 0 Å². The third kappa shape index (κ3) is 2.25. The van der Waals surface area contributed by atoms with Crippen molar-refractivity contribution in [3.8, 4) is 0 Å². The van der Waals surface area contributed by atoms with Crippen LogP contribution in [0.3, 0.4) is 0 Å². The van der Waals surface area contributed by atoms with Gasteiger partial charge in [-0.2, -0.15) is 0 Å². The lowest BCUT2D eigenvalue weighted by molar-refractivity contribution is 0.585. The topological polar surface area (TPSA) is 29.3 Å². The molecule has 0 saturated carbocycles. The summed E-state index contributed by atoms with van der Waals surface area (Å²) < 4.78 is 0. The lowest BCUT2D eigenvalue weighted by Gasteiger charge is -2.32. The van der Waals surface area contributed by atoms with E-state index >= 15 is 0 Å². The average molecular weight is 204 g/mol. The largest absolute Gasteiger partial charge is 0.399 e. The van der Waals surface area contributed by atoms with E-state index in [9.17, 15) is 0 Å². The van der Waals surface area contributed by atoms with Gasteiger partial charge >= 0.3 is 0 Å². The molecule has 15 heavy (non-hydrogen) atoms. The molecule has 1 aromatic carbocycles. The maximum atomic E-state index is 5.85. The van der Waals surface area contributed by atoms with Crippen LogP contribution in [0, 0.1) is 5.92 Å². The first-order valence-corrected chi connectivity index (χ1v) is 5.80. The van der Waals surface area contributed by atoms with Crippen LogP contribution in [0.5, 0.6) is 0 Å². The van der Waals surface area contributed by atoms with Crippen molar-refractivity contribution in [1.82, 2.24) is 0 Å². The monoisotopic (exact) mass is 204 g/mol. The highest BCUT2D eigenvalue weighted by molar-refractivity contribution is 5.62. The summed E-state index contributed by atoms with van der Waals surface area (Å²) in [5.74, 6) is 0.706. The molecule has 0 unspecified atom stereocenters. The van der Waals surface area contributed by atoms with Gasteiger partial charge < -0.3 is 10.6 Å². The van der Waals surface area contributed by atoms with E-state index in [1.807, 2.05) is 6.07 Å². The second-order valence-corrected chi connectivity index (χ2v) is 4.83. The summed E-state index contributed by atoms with van der Waals surface area (Å²) in [6.45, 7) is 6.84. The van der Waals surface area contributed by atoms with Crippen molar-refractivity contribution >= 4 is 11.4 Å². The quantitative estimate of drug-likeness (QED) is 0.750. The van der Waals surface area contributed by atoms with E-state index in [4.69, 9.17) is 5.73 Å². The van der Waals surface area contributed by atoms with Crippen LogP contribution in [-0.4, -0.2) is 13.1 Å². The van der Waals surface area contributed by atoms with Gasteiger partial charge in [-0.25, -0.2) is 0 Å². The number of hydrogen-bond acceptors (Lipinski definition) is 2. The molecule has 82 valence electrons. The predicted octanol–water partition coefficient (Wildman–Crippen LogP) is 2.68. The fourth-order valence-electron chi connectivity index (χ4n) is 2.30. The molecule has 0 bridgehead atoms. The van der Waals surface area contributed by atoms with E-state index in [2.05, 4.69) is 30.9 Å². The van der Waals surface area contributed by atoms with Gasteiger partial charge in [-0.1, -0.05) is 19.9 Å². The number of fused-ring (bicyclic) bond motifs is 1. The molecular weight excluding hydrogens is 184 g/mol. The molecule has 0 radical (unpaired) electrons. The first-order chi connectivity index (χ1) is 7.16. The van der Waals surface area contributed by atoms with Crippen molar-refractivity contribution in [1.29, 1.82) is 0 Å². The van der Waals surface area contributed by atoms with Gasteiger partial charge in [0.25, 0.3) is 0 Å². The highest BCUT2D eigenvalue weighted by atomic mass is 15.1. The van der Waals surface area contributed by atoms with Crippen LogP contribution in [0.2, 0.25) is 0 Å². The van der Waals surface area contributed by atoms with Crippen molar-refractivity contribution in [3.05, 3.63) is 23.8 Å². The lowest BCUT2D eigenvalue weighted by atomic mass is 10.00. The molecule has 2 N–H and O–H groups in total. The second-order valence-electron chi connectivity index (χ2n) is 4.83. The normalized spacial score (nSPS) is 15.5. The minimum atomic E-state index is 0.706. The molecule has 0 fully saturated rings. The molecule has 1 aliphatic heterocycles. The molecule has 2 heteroatoms. The summed E-state index contributed by atoms with van der Waals surface area (Å²) in [6.07, 6.45) is 2.47. The number of hydrogen-bond donors (Lipinski definition) is 1. The maximum absolute atomic E-state index is 5.85. The number of nitrogens with two attached hydrogens (primary N) is 1. The minimum absolute atomic E-state index is 0.706. The van der Waals surface area contributed by atoms with Gasteiger partial charge in [0, 0.05) is 24.5 Å². The van der Waals surface area contributed by atoms with Crippen LogP contribution in [0.25, 0.3) is 0 Å². The average Bonchev–Trinajstić information content (AvgIpc) is 2.18. The van der Waals surface area contributed by atoms with E-state index in [0.29, 0.717) is 5.92 Å². The third-order valence-electron chi connectivity index (χ3n) is 2.91. The lowest BCUT2D eigenvalue weighted by Crippen LogP contribution is -2.32. The van der Waals surface area contributed by atoms with E-state index in [0.717, 1.165) is 12.2 Å². The second kappa shape index (κ2) is 4.13. The number of rotatable bonds is 2. The molecule has 1 aromatic rings. The fourth-order valence-corrected chi connectivity index (χ4v) is 2.30. The van der Waals surface area contributed by atoms with Crippen LogP contribution in [0.15, 0.2) is 18.2 Å². The van der Waals surface area contributed by atoms with Crippen molar-refractivity contribution in [2.24, 2.45) is 5.92 Å². The maximum Gasteiger partial charge on any atom is 0.0419 e. The number of anilines is 2. The Morgan fingerprint density at radius 3 is 2.93 bits per heavy atom. The summed E-state index contributed by atoms with van der Waals surface area (Å²) in [4.78, 5) is 2.47. The van der Waals surface area contributed by atoms with Crippen molar-refractivity contribution in [3.63, 3.8) is 0 Å². The van der Waals surface area contributed by atoms with Crippen LogP contribution >= 0.6 is 0 Å². The molecule has 0 spiro atoms. The summed E-state index contributed by atoms with van der Waals surface area (Å²) in [5.41, 5.74) is 9.54. The summed E-state index contributed by atoms with van der Waals surface area (Å²) in [7, 11) is 0. The molecule has 0 atom stereocenters. The van der Waals surface area contributed by atoms with Gasteiger partial charge in [-0.3, -0.25) is 0 Å². The van der Waals surface area contributed by atoms with Crippen molar-refractivity contribution < 1.29 is 0 Å². The first kappa shape index (κ1) is 10.3. The zero-order chi connectivity index (χ0) is 10.8. The first-order valence-electron chi connectivity index (χ1n) is 5.80. The van der Waals surface area contributed by atoms with Gasteiger partial charge in [-0.15, -0.1) is 0 Å². The van der Waals surface area contributed by atoms with Gasteiger partial charge in [0.15, 0.2) is 0 Å². The Morgan fingerprint density at radius 2 is 2.20 bits per heavy atom. The zero-order valence-corrected chi connectivity index (χ0v) is 9.66. The Bertz CT molecular complexity index is 344. The van der Waals surface area contributed by atoms with Gasteiger partial charge in [0.05, 0.1) is 0 Å². The van der Waals surface area contributed by atoms with Crippen LogP contribution in [0.1, 0.15) is 25.8 Å². The zero-order valence-electron chi connectivity index (χ0n) is 9.66. The Hall–Kier alpha value is -1.18. The Morgan fingerprint density at radius 1 is 1.40 bits per heavy atom. The van der Waals surface area contributed by atoms with E-state index in [1.165, 1.54) is 30.6 Å². The van der Waals surface area contributed by atoms with Crippen LogP contribution in [-0.2, 0) is 6.42 Å². The van der Waals surface area contributed by atoms with E-state index < -0.39 is 0 Å². The fraction of sp³-hybridized carbons (Fsp3) is 0.538. The molecule has 1 heterocycles. The molecule has 0 amide bonds. The molecule has 2 rings (SSSR count). The summed E-state index contributed by atoms with van der Waals surface area (Å²) >= 11 is 0.